The number of guanidine groups is 1. The predicted molar refractivity (Wildman–Crippen MR) is 109 cm³/mol. The number of hydrogen-bond donors (Lipinski definition) is 1. The van der Waals surface area contributed by atoms with E-state index in [1.807, 2.05) is 7.05 Å². The average molecular weight is 428 g/mol. The lowest BCUT2D eigenvalue weighted by molar-refractivity contribution is 0.249. The molecule has 3 rings (SSSR count). The number of nitrogens with zero attached hydrogens (tertiary/aromatic N) is 3. The second kappa shape index (κ2) is 8.87. The molecule has 1 aliphatic heterocycles. The fraction of sp³-hybridized carbons (Fsp3) is 0.611. The lowest BCUT2D eigenvalue weighted by Crippen LogP contribution is -2.44. The van der Waals surface area contributed by atoms with Gasteiger partial charge in [0.2, 0.25) is 0 Å². The van der Waals surface area contributed by atoms with Gasteiger partial charge in [-0.2, -0.15) is 0 Å². The Bertz CT molecular complexity index is 526. The summed E-state index contributed by atoms with van der Waals surface area (Å²) in [4.78, 5) is 9.29. The molecule has 1 aliphatic carbocycles. The van der Waals surface area contributed by atoms with E-state index in [4.69, 9.17) is 0 Å². The molecule has 0 aromatic heterocycles. The van der Waals surface area contributed by atoms with Crippen molar-refractivity contribution in [2.75, 3.05) is 38.6 Å². The monoisotopic (exact) mass is 428 g/mol. The second-order valence-corrected chi connectivity index (χ2v) is 6.42. The van der Waals surface area contributed by atoms with Crippen LogP contribution < -0.4 is 10.2 Å². The van der Waals surface area contributed by atoms with Crippen LogP contribution in [-0.2, 0) is 6.42 Å². The van der Waals surface area contributed by atoms with Gasteiger partial charge in [-0.1, -0.05) is 31.0 Å². The minimum Gasteiger partial charge on any atom is -0.355 e. The number of aliphatic imine (C=N–C) groups is 1. The average Bonchev–Trinajstić information content (AvgIpc) is 3.21. The molecule has 0 spiro atoms. The van der Waals surface area contributed by atoms with Crippen LogP contribution >= 0.6 is 24.0 Å². The maximum Gasteiger partial charge on any atom is 0.198 e. The third-order valence-corrected chi connectivity index (χ3v) is 5.05. The van der Waals surface area contributed by atoms with Crippen molar-refractivity contribution in [3.05, 3.63) is 29.8 Å². The summed E-state index contributed by atoms with van der Waals surface area (Å²) in [6.45, 7) is 3.06. The molecule has 1 aromatic rings. The van der Waals surface area contributed by atoms with Gasteiger partial charge in [-0.15, -0.1) is 24.0 Å². The van der Waals surface area contributed by atoms with Gasteiger partial charge in [0.05, 0.1) is 0 Å². The van der Waals surface area contributed by atoms with E-state index in [9.17, 15) is 0 Å². The first-order valence-electron chi connectivity index (χ1n) is 8.56. The van der Waals surface area contributed by atoms with Crippen LogP contribution in [0, 0.1) is 0 Å². The molecule has 1 saturated carbocycles. The molecule has 1 aromatic carbocycles. The summed E-state index contributed by atoms with van der Waals surface area (Å²) in [5.74, 6) is 1.00. The van der Waals surface area contributed by atoms with Crippen LogP contribution in [0.1, 0.15) is 31.2 Å². The van der Waals surface area contributed by atoms with Gasteiger partial charge < -0.3 is 15.1 Å². The molecule has 0 radical (unpaired) electrons. The van der Waals surface area contributed by atoms with Gasteiger partial charge >= 0.3 is 0 Å². The van der Waals surface area contributed by atoms with Gasteiger partial charge in [-0.25, -0.2) is 0 Å². The molecular formula is C18H29IN4. The van der Waals surface area contributed by atoms with Crippen LogP contribution in [0.5, 0.6) is 0 Å². The van der Waals surface area contributed by atoms with Crippen LogP contribution in [0.2, 0.25) is 0 Å². The molecule has 0 atom stereocenters. The summed E-state index contributed by atoms with van der Waals surface area (Å²) in [7, 11) is 4.13. The molecule has 23 heavy (non-hydrogen) atoms. The minimum absolute atomic E-state index is 0. The van der Waals surface area contributed by atoms with E-state index in [0.717, 1.165) is 38.1 Å². The SMILES string of the molecule is CN=C(NCCN(C)C1CCCC1)N1CCc2ccccc21.I. The van der Waals surface area contributed by atoms with Crippen molar-refractivity contribution >= 4 is 35.6 Å². The van der Waals surface area contributed by atoms with E-state index in [1.54, 1.807) is 0 Å². The maximum absolute atomic E-state index is 4.48. The standard InChI is InChI=1S/C18H28N4.HI/c1-19-18(20-12-14-21(2)16-8-4-5-9-16)22-13-11-15-7-3-6-10-17(15)22;/h3,6-7,10,16H,4-5,8-9,11-14H2,1-2H3,(H,19,20);1H. The van der Waals surface area contributed by atoms with Crippen molar-refractivity contribution in [3.63, 3.8) is 0 Å². The second-order valence-electron chi connectivity index (χ2n) is 6.42. The van der Waals surface area contributed by atoms with E-state index >= 15 is 0 Å². The van der Waals surface area contributed by atoms with Crippen LogP contribution in [0.15, 0.2) is 29.3 Å². The van der Waals surface area contributed by atoms with Crippen molar-refractivity contribution in [3.8, 4) is 0 Å². The third-order valence-electron chi connectivity index (χ3n) is 5.05. The molecule has 0 saturated heterocycles. The molecule has 1 fully saturated rings. The Kier molecular flexibility index (Phi) is 7.14. The van der Waals surface area contributed by atoms with Gasteiger partial charge in [0.25, 0.3) is 0 Å². The number of nitrogens with one attached hydrogen (secondary N) is 1. The first-order chi connectivity index (χ1) is 10.8. The number of anilines is 1. The molecule has 0 bridgehead atoms. The topological polar surface area (TPSA) is 30.9 Å². The Hall–Kier alpha value is -0.820. The Morgan fingerprint density at radius 2 is 2.04 bits per heavy atom. The predicted octanol–water partition coefficient (Wildman–Crippen LogP) is 3.12. The molecule has 0 unspecified atom stereocenters. The molecule has 0 amide bonds. The van der Waals surface area contributed by atoms with Crippen LogP contribution in [0.4, 0.5) is 5.69 Å². The molecule has 1 heterocycles. The van der Waals surface area contributed by atoms with Crippen LogP contribution in [0.3, 0.4) is 0 Å². The number of para-hydroxylation sites is 1. The lowest BCUT2D eigenvalue weighted by Gasteiger charge is -2.26. The van der Waals surface area contributed by atoms with E-state index in [0.29, 0.717) is 0 Å². The third kappa shape index (κ3) is 4.38. The number of rotatable bonds is 4. The first-order valence-corrected chi connectivity index (χ1v) is 8.56. The summed E-state index contributed by atoms with van der Waals surface area (Å²) in [6.07, 6.45) is 6.64. The fourth-order valence-electron chi connectivity index (χ4n) is 3.73. The van der Waals surface area contributed by atoms with Gasteiger partial charge in [0.1, 0.15) is 0 Å². The van der Waals surface area contributed by atoms with Crippen LogP contribution in [0.25, 0.3) is 0 Å². The summed E-state index contributed by atoms with van der Waals surface area (Å²) >= 11 is 0. The Morgan fingerprint density at radius 3 is 2.78 bits per heavy atom. The largest absolute Gasteiger partial charge is 0.355 e. The van der Waals surface area contributed by atoms with Gasteiger partial charge in [0.15, 0.2) is 5.96 Å². The van der Waals surface area contributed by atoms with Gasteiger partial charge in [-0.05, 0) is 37.9 Å². The zero-order valence-corrected chi connectivity index (χ0v) is 16.6. The van der Waals surface area contributed by atoms with E-state index in [-0.39, 0.29) is 24.0 Å². The van der Waals surface area contributed by atoms with Crippen molar-refractivity contribution < 1.29 is 0 Å². The Balaban J connectivity index is 0.00000192. The smallest absolute Gasteiger partial charge is 0.198 e. The molecule has 4 nitrogen and oxygen atoms in total. The number of fused-ring (bicyclic) bond motifs is 1. The summed E-state index contributed by atoms with van der Waals surface area (Å²) in [5.41, 5.74) is 2.73. The fourth-order valence-corrected chi connectivity index (χ4v) is 3.73. The highest BCUT2D eigenvalue weighted by atomic mass is 127. The number of hydrogen-bond acceptors (Lipinski definition) is 2. The molecule has 2 aliphatic rings. The zero-order valence-electron chi connectivity index (χ0n) is 14.3. The van der Waals surface area contributed by atoms with Crippen LogP contribution in [-0.4, -0.2) is 50.6 Å². The van der Waals surface area contributed by atoms with E-state index < -0.39 is 0 Å². The van der Waals surface area contributed by atoms with Crippen molar-refractivity contribution in [2.45, 2.75) is 38.1 Å². The van der Waals surface area contributed by atoms with Crippen molar-refractivity contribution in [2.24, 2.45) is 4.99 Å². The molecular weight excluding hydrogens is 399 g/mol. The van der Waals surface area contributed by atoms with Crippen molar-refractivity contribution in [1.29, 1.82) is 0 Å². The molecule has 1 N–H and O–H groups in total. The molecule has 5 heteroatoms. The Labute approximate surface area is 157 Å². The van der Waals surface area contributed by atoms with Crippen molar-refractivity contribution in [1.82, 2.24) is 10.2 Å². The molecule has 128 valence electrons. The Morgan fingerprint density at radius 1 is 1.30 bits per heavy atom. The summed E-state index contributed by atoms with van der Waals surface area (Å²) < 4.78 is 0. The maximum atomic E-state index is 4.48. The van der Waals surface area contributed by atoms with Gasteiger partial charge in [-0.3, -0.25) is 4.99 Å². The first kappa shape index (κ1) is 18.5. The summed E-state index contributed by atoms with van der Waals surface area (Å²) in [5, 5.41) is 3.54. The zero-order chi connectivity index (χ0) is 15.4. The number of likely N-dealkylation sites (N-methyl/N-ethyl adjacent to an activating group) is 1. The number of benzene rings is 1. The van der Waals surface area contributed by atoms with E-state index in [1.165, 1.54) is 36.9 Å². The number of halogens is 1. The summed E-state index contributed by atoms with van der Waals surface area (Å²) in [6, 6.07) is 9.43. The van der Waals surface area contributed by atoms with E-state index in [2.05, 4.69) is 51.4 Å². The normalized spacial score (nSPS) is 18.2. The highest BCUT2D eigenvalue weighted by Crippen LogP contribution is 2.27. The highest BCUT2D eigenvalue weighted by molar-refractivity contribution is 14.0. The minimum atomic E-state index is 0. The lowest BCUT2D eigenvalue weighted by atomic mass is 10.2. The van der Waals surface area contributed by atoms with Gasteiger partial charge in [0, 0.05) is 38.4 Å². The quantitative estimate of drug-likeness (QED) is 0.454. The highest BCUT2D eigenvalue weighted by Gasteiger charge is 2.23.